The Hall–Kier alpha value is -3.24. The van der Waals surface area contributed by atoms with Gasteiger partial charge in [-0.15, -0.1) is 11.3 Å². The number of halogens is 1. The fourth-order valence-corrected chi connectivity index (χ4v) is 4.32. The van der Waals surface area contributed by atoms with E-state index >= 15 is 0 Å². The Morgan fingerprint density at radius 2 is 2.06 bits per heavy atom. The number of carbonyl (C=O) groups excluding carboxylic acids is 1. The zero-order valence-corrected chi connectivity index (χ0v) is 19.6. The maximum Gasteiger partial charge on any atom is 0.255 e. The van der Waals surface area contributed by atoms with E-state index in [4.69, 9.17) is 21.4 Å². The predicted octanol–water partition coefficient (Wildman–Crippen LogP) is 3.29. The van der Waals surface area contributed by atoms with E-state index in [1.807, 2.05) is 0 Å². The number of hydrogen-bond acceptors (Lipinski definition) is 7. The molecule has 1 atom stereocenters. The molecule has 4 rings (SSSR count). The Labute approximate surface area is 204 Å². The van der Waals surface area contributed by atoms with Gasteiger partial charge in [0.1, 0.15) is 18.5 Å². The third-order valence-electron chi connectivity index (χ3n) is 5.06. The number of Topliss-reactive ketones (excluding diaryl/α,β-unsaturated/α-hetero) is 1. The van der Waals surface area contributed by atoms with Crippen molar-refractivity contribution in [1.29, 1.82) is 0 Å². The molecule has 0 saturated carbocycles. The Balaban J connectivity index is 1.57. The van der Waals surface area contributed by atoms with E-state index in [1.165, 1.54) is 22.0 Å². The third-order valence-corrected chi connectivity index (χ3v) is 6.33. The standard InChI is InChI=1S/C24H22ClN3O5S/c25-23-9-8-22(34-23)20(31)7-4-16-12-27(15-26-16)19-6-5-17(28-10-2-1-3-24(28)32)11-21(19)33-14-18(30)13-29/h1-3,5-6,8-12,15,18,29-30H,4,7,13-14H2/t18-/m1/s1. The number of ether oxygens (including phenoxy) is 1. The summed E-state index contributed by atoms with van der Waals surface area (Å²) in [6.07, 6.45) is 4.77. The van der Waals surface area contributed by atoms with Crippen LogP contribution in [-0.2, 0) is 6.42 Å². The van der Waals surface area contributed by atoms with Crippen LogP contribution in [0.4, 0.5) is 0 Å². The average molecular weight is 500 g/mol. The van der Waals surface area contributed by atoms with Crippen molar-refractivity contribution >= 4 is 28.7 Å². The summed E-state index contributed by atoms with van der Waals surface area (Å²) in [7, 11) is 0. The van der Waals surface area contributed by atoms with Crippen molar-refractivity contribution in [3.05, 3.63) is 92.5 Å². The van der Waals surface area contributed by atoms with Crippen LogP contribution in [0, 0.1) is 0 Å². The molecule has 0 bridgehead atoms. The number of ketones is 1. The van der Waals surface area contributed by atoms with Gasteiger partial charge in [-0.05, 0) is 36.8 Å². The van der Waals surface area contributed by atoms with E-state index in [2.05, 4.69) is 4.98 Å². The van der Waals surface area contributed by atoms with Crippen LogP contribution in [-0.4, -0.2) is 49.4 Å². The first kappa shape index (κ1) is 23.9. The molecular formula is C24H22ClN3O5S. The summed E-state index contributed by atoms with van der Waals surface area (Å²) >= 11 is 7.17. The minimum absolute atomic E-state index is 0.00567. The zero-order valence-electron chi connectivity index (χ0n) is 18.0. The lowest BCUT2D eigenvalue weighted by atomic mass is 10.1. The highest BCUT2D eigenvalue weighted by Crippen LogP contribution is 2.27. The molecule has 0 aliphatic rings. The van der Waals surface area contributed by atoms with Crippen molar-refractivity contribution in [2.45, 2.75) is 18.9 Å². The normalized spacial score (nSPS) is 12.0. The maximum atomic E-state index is 12.4. The van der Waals surface area contributed by atoms with Gasteiger partial charge < -0.3 is 19.5 Å². The second-order valence-electron chi connectivity index (χ2n) is 7.51. The number of carbonyl (C=O) groups is 1. The van der Waals surface area contributed by atoms with Gasteiger partial charge in [0.15, 0.2) is 5.78 Å². The van der Waals surface area contributed by atoms with Crippen molar-refractivity contribution in [3.63, 3.8) is 0 Å². The molecule has 0 aliphatic heterocycles. The van der Waals surface area contributed by atoms with E-state index in [9.17, 15) is 14.7 Å². The highest BCUT2D eigenvalue weighted by Gasteiger charge is 2.14. The molecule has 0 unspecified atom stereocenters. The number of aromatic nitrogens is 3. The van der Waals surface area contributed by atoms with Crippen LogP contribution < -0.4 is 10.3 Å². The molecule has 0 radical (unpaired) electrons. The Morgan fingerprint density at radius 3 is 2.79 bits per heavy atom. The molecule has 0 aliphatic carbocycles. The van der Waals surface area contributed by atoms with Gasteiger partial charge >= 0.3 is 0 Å². The van der Waals surface area contributed by atoms with E-state index in [-0.39, 0.29) is 17.9 Å². The molecule has 2 N–H and O–H groups in total. The fraction of sp³-hybridized carbons (Fsp3) is 0.208. The largest absolute Gasteiger partial charge is 0.489 e. The Bertz CT molecular complexity index is 1350. The first-order valence-electron chi connectivity index (χ1n) is 10.5. The molecule has 3 aromatic heterocycles. The van der Waals surface area contributed by atoms with Crippen molar-refractivity contribution < 1.29 is 19.7 Å². The van der Waals surface area contributed by atoms with E-state index < -0.39 is 12.7 Å². The maximum absolute atomic E-state index is 12.4. The quantitative estimate of drug-likeness (QED) is 0.324. The number of imidazole rings is 1. The van der Waals surface area contributed by atoms with E-state index in [0.29, 0.717) is 39.2 Å². The van der Waals surface area contributed by atoms with Gasteiger partial charge in [0.2, 0.25) is 0 Å². The number of hydrogen-bond donors (Lipinski definition) is 2. The molecule has 4 aromatic rings. The van der Waals surface area contributed by atoms with Crippen LogP contribution in [0.2, 0.25) is 4.34 Å². The van der Waals surface area contributed by atoms with Gasteiger partial charge in [-0.2, -0.15) is 0 Å². The molecule has 0 amide bonds. The number of aliphatic hydroxyl groups is 2. The van der Waals surface area contributed by atoms with Crippen LogP contribution in [0.15, 0.2) is 72.0 Å². The molecule has 0 fully saturated rings. The summed E-state index contributed by atoms with van der Waals surface area (Å²) in [4.78, 5) is 29.6. The van der Waals surface area contributed by atoms with Crippen LogP contribution in [0.5, 0.6) is 5.75 Å². The van der Waals surface area contributed by atoms with Gasteiger partial charge in [0.25, 0.3) is 5.56 Å². The number of pyridine rings is 1. The van der Waals surface area contributed by atoms with Gasteiger partial charge in [0, 0.05) is 30.9 Å². The van der Waals surface area contributed by atoms with Crippen molar-refractivity contribution in [2.75, 3.05) is 13.2 Å². The van der Waals surface area contributed by atoms with Crippen molar-refractivity contribution in [3.8, 4) is 17.1 Å². The van der Waals surface area contributed by atoms with E-state index in [0.717, 1.165) is 5.69 Å². The molecular weight excluding hydrogens is 478 g/mol. The Kier molecular flexibility index (Phi) is 7.59. The van der Waals surface area contributed by atoms with Gasteiger partial charge in [-0.1, -0.05) is 17.7 Å². The predicted molar refractivity (Wildman–Crippen MR) is 130 cm³/mol. The third kappa shape index (κ3) is 5.63. The van der Waals surface area contributed by atoms with Crippen LogP contribution in [0.25, 0.3) is 11.4 Å². The summed E-state index contributed by atoms with van der Waals surface area (Å²) in [5.41, 5.74) is 1.75. The minimum atomic E-state index is -1.05. The average Bonchev–Trinajstić information content (AvgIpc) is 3.50. The molecule has 34 heavy (non-hydrogen) atoms. The first-order chi connectivity index (χ1) is 16.4. The van der Waals surface area contributed by atoms with Gasteiger partial charge in [0.05, 0.1) is 39.2 Å². The lowest BCUT2D eigenvalue weighted by Gasteiger charge is -2.16. The summed E-state index contributed by atoms with van der Waals surface area (Å²) in [6, 6.07) is 13.5. The van der Waals surface area contributed by atoms with Crippen molar-refractivity contribution in [1.82, 2.24) is 14.1 Å². The smallest absolute Gasteiger partial charge is 0.255 e. The van der Waals surface area contributed by atoms with E-state index in [1.54, 1.807) is 65.8 Å². The number of rotatable bonds is 10. The Morgan fingerprint density at radius 1 is 1.21 bits per heavy atom. The number of aliphatic hydroxyl groups excluding tert-OH is 2. The molecule has 8 nitrogen and oxygen atoms in total. The number of benzene rings is 1. The van der Waals surface area contributed by atoms with Crippen molar-refractivity contribution in [2.24, 2.45) is 0 Å². The fourth-order valence-electron chi connectivity index (χ4n) is 3.31. The number of aryl methyl sites for hydroxylation is 1. The topological polar surface area (TPSA) is 107 Å². The second kappa shape index (κ2) is 10.8. The number of thiophene rings is 1. The molecule has 176 valence electrons. The summed E-state index contributed by atoms with van der Waals surface area (Å²) in [5.74, 6) is 0.403. The molecule has 10 heteroatoms. The lowest BCUT2D eigenvalue weighted by Crippen LogP contribution is -2.22. The lowest BCUT2D eigenvalue weighted by molar-refractivity contribution is 0.0536. The highest BCUT2D eigenvalue weighted by atomic mass is 35.5. The zero-order chi connectivity index (χ0) is 24.1. The second-order valence-corrected chi connectivity index (χ2v) is 9.22. The van der Waals surface area contributed by atoms with Gasteiger partial charge in [-0.3, -0.25) is 14.2 Å². The van der Waals surface area contributed by atoms with Crippen LogP contribution >= 0.6 is 22.9 Å². The summed E-state index contributed by atoms with van der Waals surface area (Å²) in [6.45, 7) is -0.568. The van der Waals surface area contributed by atoms with Crippen LogP contribution in [0.3, 0.4) is 0 Å². The monoisotopic (exact) mass is 499 g/mol. The molecule has 3 heterocycles. The summed E-state index contributed by atoms with van der Waals surface area (Å²) in [5, 5.41) is 18.9. The summed E-state index contributed by atoms with van der Waals surface area (Å²) < 4.78 is 9.57. The SMILES string of the molecule is O=C(CCc1cn(-c2ccc(-n3ccccc3=O)cc2OC[C@H](O)CO)cn1)c1ccc(Cl)s1. The number of nitrogens with zero attached hydrogens (tertiary/aromatic N) is 3. The molecule has 0 saturated heterocycles. The van der Waals surface area contributed by atoms with Gasteiger partial charge in [-0.25, -0.2) is 4.98 Å². The molecule has 1 aromatic carbocycles. The highest BCUT2D eigenvalue weighted by molar-refractivity contribution is 7.18. The first-order valence-corrected chi connectivity index (χ1v) is 11.7. The molecule has 0 spiro atoms. The van der Waals surface area contributed by atoms with Crippen LogP contribution in [0.1, 0.15) is 21.8 Å². The minimum Gasteiger partial charge on any atom is -0.489 e.